The Labute approximate surface area is 115 Å². The van der Waals surface area contributed by atoms with E-state index in [1.165, 1.54) is 0 Å². The van der Waals surface area contributed by atoms with Gasteiger partial charge >= 0.3 is 0 Å². The van der Waals surface area contributed by atoms with Crippen LogP contribution in [0.5, 0.6) is 0 Å². The highest BCUT2D eigenvalue weighted by Gasteiger charge is 2.21. The number of carbonyl (C=O) groups is 1. The van der Waals surface area contributed by atoms with Crippen LogP contribution < -0.4 is 5.73 Å². The zero-order chi connectivity index (χ0) is 14.1. The third kappa shape index (κ3) is 5.01. The summed E-state index contributed by atoms with van der Waals surface area (Å²) in [5.74, 6) is 0.00697. The molecule has 1 atom stereocenters. The van der Waals surface area contributed by atoms with Gasteiger partial charge < -0.3 is 15.4 Å². The molecule has 4 nitrogen and oxygen atoms in total. The van der Waals surface area contributed by atoms with Gasteiger partial charge in [0.2, 0.25) is 5.91 Å². The number of amides is 1. The van der Waals surface area contributed by atoms with Gasteiger partial charge in [0.05, 0.1) is 12.5 Å². The minimum Gasteiger partial charge on any atom is -0.383 e. The van der Waals surface area contributed by atoms with Gasteiger partial charge in [-0.1, -0.05) is 30.3 Å². The number of ether oxygens (including phenoxy) is 1. The minimum atomic E-state index is -0.129. The van der Waals surface area contributed by atoms with Gasteiger partial charge in [-0.2, -0.15) is 0 Å². The first-order valence-electron chi connectivity index (χ1n) is 6.73. The molecular weight excluding hydrogens is 240 g/mol. The van der Waals surface area contributed by atoms with Crippen LogP contribution in [-0.4, -0.2) is 44.2 Å². The Morgan fingerprint density at radius 3 is 2.58 bits per heavy atom. The van der Waals surface area contributed by atoms with E-state index < -0.39 is 0 Å². The lowest BCUT2D eigenvalue weighted by atomic mass is 10.00. The molecule has 0 aliphatic heterocycles. The molecule has 1 amide bonds. The first-order valence-corrected chi connectivity index (χ1v) is 6.73. The van der Waals surface area contributed by atoms with Crippen LogP contribution in [0.4, 0.5) is 0 Å². The van der Waals surface area contributed by atoms with E-state index in [1.54, 1.807) is 7.11 Å². The molecule has 0 heterocycles. The molecule has 1 aromatic carbocycles. The van der Waals surface area contributed by atoms with Crippen molar-refractivity contribution in [1.82, 2.24) is 4.90 Å². The van der Waals surface area contributed by atoms with Crippen molar-refractivity contribution in [3.63, 3.8) is 0 Å². The van der Waals surface area contributed by atoms with Gasteiger partial charge in [0, 0.05) is 20.2 Å². The fraction of sp³-hybridized carbons (Fsp3) is 0.533. The van der Waals surface area contributed by atoms with E-state index in [0.717, 1.165) is 12.0 Å². The Morgan fingerprint density at radius 1 is 1.32 bits per heavy atom. The van der Waals surface area contributed by atoms with Crippen molar-refractivity contribution in [3.05, 3.63) is 35.9 Å². The fourth-order valence-electron chi connectivity index (χ4n) is 1.97. The van der Waals surface area contributed by atoms with Gasteiger partial charge in [-0.3, -0.25) is 4.79 Å². The summed E-state index contributed by atoms with van der Waals surface area (Å²) in [5, 5.41) is 0. The quantitative estimate of drug-likeness (QED) is 0.776. The van der Waals surface area contributed by atoms with Crippen molar-refractivity contribution >= 4 is 5.91 Å². The van der Waals surface area contributed by atoms with Gasteiger partial charge in [-0.15, -0.1) is 0 Å². The van der Waals surface area contributed by atoms with Crippen LogP contribution in [0.25, 0.3) is 0 Å². The third-order valence-electron chi connectivity index (χ3n) is 3.18. The maximum atomic E-state index is 12.5. The summed E-state index contributed by atoms with van der Waals surface area (Å²) in [7, 11) is 1.65. The number of hydrogen-bond acceptors (Lipinski definition) is 3. The Bertz CT molecular complexity index is 360. The first-order chi connectivity index (χ1) is 9.20. The lowest BCUT2D eigenvalue weighted by Crippen LogP contribution is -2.38. The Balaban J connectivity index is 2.68. The van der Waals surface area contributed by atoms with Gasteiger partial charge in [0.25, 0.3) is 0 Å². The summed E-state index contributed by atoms with van der Waals surface area (Å²) < 4.78 is 5.06. The zero-order valence-corrected chi connectivity index (χ0v) is 11.8. The predicted molar refractivity (Wildman–Crippen MR) is 77.0 cm³/mol. The van der Waals surface area contributed by atoms with Crippen LogP contribution in [0.3, 0.4) is 0 Å². The minimum absolute atomic E-state index is 0.129. The van der Waals surface area contributed by atoms with Crippen LogP contribution >= 0.6 is 0 Å². The molecule has 0 spiro atoms. The van der Waals surface area contributed by atoms with E-state index in [2.05, 4.69) is 0 Å². The Morgan fingerprint density at radius 2 is 2.00 bits per heavy atom. The first kappa shape index (κ1) is 15.7. The lowest BCUT2D eigenvalue weighted by Gasteiger charge is -2.25. The molecule has 0 fully saturated rings. The standard InChI is InChI=1S/C15H24N2O2/c1-13(14-7-4-3-5-8-14)15(18)17(10-6-9-16)11-12-19-2/h3-5,7-8,13H,6,9-12,16H2,1-2H3. The zero-order valence-electron chi connectivity index (χ0n) is 11.8. The summed E-state index contributed by atoms with van der Waals surface area (Å²) in [5.41, 5.74) is 6.57. The molecule has 0 radical (unpaired) electrons. The number of methoxy groups -OCH3 is 1. The maximum absolute atomic E-state index is 12.5. The second kappa shape index (κ2) is 8.67. The van der Waals surface area contributed by atoms with Crippen LogP contribution in [0, 0.1) is 0 Å². The van der Waals surface area contributed by atoms with Gasteiger partial charge in [0.1, 0.15) is 0 Å². The number of carbonyl (C=O) groups excluding carboxylic acids is 1. The molecule has 4 heteroatoms. The van der Waals surface area contributed by atoms with Crippen molar-refractivity contribution in [2.75, 3.05) is 33.4 Å². The van der Waals surface area contributed by atoms with E-state index in [4.69, 9.17) is 10.5 Å². The molecule has 0 aliphatic rings. The van der Waals surface area contributed by atoms with Crippen molar-refractivity contribution in [2.45, 2.75) is 19.3 Å². The lowest BCUT2D eigenvalue weighted by molar-refractivity contribution is -0.133. The average molecular weight is 264 g/mol. The van der Waals surface area contributed by atoms with Crippen molar-refractivity contribution in [1.29, 1.82) is 0 Å². The highest BCUT2D eigenvalue weighted by Crippen LogP contribution is 2.17. The Hall–Kier alpha value is -1.39. The summed E-state index contributed by atoms with van der Waals surface area (Å²) in [6.07, 6.45) is 0.816. The van der Waals surface area contributed by atoms with E-state index in [1.807, 2.05) is 42.2 Å². The highest BCUT2D eigenvalue weighted by atomic mass is 16.5. The maximum Gasteiger partial charge on any atom is 0.229 e. The molecule has 1 aromatic rings. The molecule has 0 bridgehead atoms. The molecule has 106 valence electrons. The van der Waals surface area contributed by atoms with Crippen molar-refractivity contribution in [3.8, 4) is 0 Å². The smallest absolute Gasteiger partial charge is 0.229 e. The van der Waals surface area contributed by atoms with E-state index in [9.17, 15) is 4.79 Å². The van der Waals surface area contributed by atoms with Crippen LogP contribution in [0.2, 0.25) is 0 Å². The van der Waals surface area contributed by atoms with Gasteiger partial charge in [-0.25, -0.2) is 0 Å². The molecule has 0 aliphatic carbocycles. The molecule has 1 rings (SSSR count). The number of benzene rings is 1. The molecule has 19 heavy (non-hydrogen) atoms. The normalized spacial score (nSPS) is 12.2. The summed E-state index contributed by atoms with van der Waals surface area (Å²) in [6, 6.07) is 9.84. The number of nitrogens with two attached hydrogens (primary N) is 1. The molecule has 2 N–H and O–H groups in total. The SMILES string of the molecule is COCCN(CCCN)C(=O)C(C)c1ccccc1. The van der Waals surface area contributed by atoms with Gasteiger partial charge in [0.15, 0.2) is 0 Å². The summed E-state index contributed by atoms with van der Waals surface area (Å²) in [4.78, 5) is 14.3. The van der Waals surface area contributed by atoms with Crippen molar-refractivity contribution < 1.29 is 9.53 Å². The molecule has 0 saturated carbocycles. The van der Waals surface area contributed by atoms with Crippen molar-refractivity contribution in [2.24, 2.45) is 5.73 Å². The van der Waals surface area contributed by atoms with Crippen LogP contribution in [-0.2, 0) is 9.53 Å². The summed E-state index contributed by atoms with van der Waals surface area (Å²) >= 11 is 0. The molecule has 1 unspecified atom stereocenters. The summed E-state index contributed by atoms with van der Waals surface area (Å²) in [6.45, 7) is 4.40. The molecule has 0 aromatic heterocycles. The predicted octanol–water partition coefficient (Wildman–Crippen LogP) is 1.61. The van der Waals surface area contributed by atoms with Gasteiger partial charge in [-0.05, 0) is 25.5 Å². The number of hydrogen-bond donors (Lipinski definition) is 1. The fourth-order valence-corrected chi connectivity index (χ4v) is 1.97. The topological polar surface area (TPSA) is 55.6 Å². The highest BCUT2D eigenvalue weighted by molar-refractivity contribution is 5.83. The number of nitrogens with zero attached hydrogens (tertiary/aromatic N) is 1. The average Bonchev–Trinajstić information content (AvgIpc) is 2.47. The van der Waals surface area contributed by atoms with E-state index in [-0.39, 0.29) is 11.8 Å². The molecular formula is C15H24N2O2. The van der Waals surface area contributed by atoms with E-state index >= 15 is 0 Å². The second-order valence-electron chi connectivity index (χ2n) is 4.59. The molecule has 0 saturated heterocycles. The number of rotatable bonds is 8. The second-order valence-corrected chi connectivity index (χ2v) is 4.59. The Kier molecular flexibility index (Phi) is 7.15. The monoisotopic (exact) mass is 264 g/mol. The van der Waals surface area contributed by atoms with Crippen LogP contribution in [0.1, 0.15) is 24.8 Å². The largest absolute Gasteiger partial charge is 0.383 e. The van der Waals surface area contributed by atoms with Crippen LogP contribution in [0.15, 0.2) is 30.3 Å². The third-order valence-corrected chi connectivity index (χ3v) is 3.18. The van der Waals surface area contributed by atoms with E-state index in [0.29, 0.717) is 26.2 Å².